The molecule has 2 aromatic carbocycles. The Labute approximate surface area is 115 Å². The van der Waals surface area contributed by atoms with Gasteiger partial charge in [0.05, 0.1) is 4.90 Å². The molecule has 0 fully saturated rings. The SMILES string of the molecule is CC(=O)c1cccc(O)c1Sc1ccc(Cl)cc1. The third kappa shape index (κ3) is 2.86. The van der Waals surface area contributed by atoms with Gasteiger partial charge in [-0.15, -0.1) is 0 Å². The van der Waals surface area contributed by atoms with E-state index in [0.29, 0.717) is 15.5 Å². The smallest absolute Gasteiger partial charge is 0.161 e. The van der Waals surface area contributed by atoms with E-state index in [1.54, 1.807) is 30.3 Å². The number of hydrogen-bond donors (Lipinski definition) is 1. The molecule has 2 rings (SSSR count). The van der Waals surface area contributed by atoms with Gasteiger partial charge < -0.3 is 5.11 Å². The number of carbonyl (C=O) groups is 1. The van der Waals surface area contributed by atoms with E-state index in [1.165, 1.54) is 18.7 Å². The topological polar surface area (TPSA) is 37.3 Å². The van der Waals surface area contributed by atoms with Crippen LogP contribution in [-0.4, -0.2) is 10.9 Å². The minimum Gasteiger partial charge on any atom is -0.507 e. The van der Waals surface area contributed by atoms with Crippen LogP contribution in [0, 0.1) is 0 Å². The minimum absolute atomic E-state index is 0.0673. The maximum Gasteiger partial charge on any atom is 0.161 e. The van der Waals surface area contributed by atoms with Crippen molar-refractivity contribution in [2.45, 2.75) is 16.7 Å². The Morgan fingerprint density at radius 1 is 1.17 bits per heavy atom. The number of phenolic OH excluding ortho intramolecular Hbond substituents is 1. The number of phenols is 1. The first-order valence-electron chi connectivity index (χ1n) is 5.34. The van der Waals surface area contributed by atoms with Crippen LogP contribution in [-0.2, 0) is 0 Å². The molecule has 18 heavy (non-hydrogen) atoms. The first-order chi connectivity index (χ1) is 8.58. The molecule has 0 heterocycles. The van der Waals surface area contributed by atoms with Crippen LogP contribution >= 0.6 is 23.4 Å². The molecule has 2 aromatic rings. The lowest BCUT2D eigenvalue weighted by atomic mass is 10.1. The largest absolute Gasteiger partial charge is 0.507 e. The number of ketones is 1. The summed E-state index contributed by atoms with van der Waals surface area (Å²) in [7, 11) is 0. The lowest BCUT2D eigenvalue weighted by Crippen LogP contribution is -1.94. The summed E-state index contributed by atoms with van der Waals surface area (Å²) < 4.78 is 0. The lowest BCUT2D eigenvalue weighted by Gasteiger charge is -2.08. The molecular weight excluding hydrogens is 268 g/mol. The first-order valence-corrected chi connectivity index (χ1v) is 6.53. The average Bonchev–Trinajstić information content (AvgIpc) is 2.34. The van der Waals surface area contributed by atoms with Crippen LogP contribution in [0.15, 0.2) is 52.3 Å². The standard InChI is InChI=1S/C14H11ClO2S/c1-9(16)12-3-2-4-13(17)14(12)18-11-7-5-10(15)6-8-11/h2-8,17H,1H3. The molecular formula is C14H11ClO2S. The summed E-state index contributed by atoms with van der Waals surface area (Å²) in [5.74, 6) is 0.0463. The van der Waals surface area contributed by atoms with E-state index in [0.717, 1.165) is 4.90 Å². The van der Waals surface area contributed by atoms with E-state index in [-0.39, 0.29) is 11.5 Å². The monoisotopic (exact) mass is 278 g/mol. The second-order valence-electron chi connectivity index (χ2n) is 3.77. The Hall–Kier alpha value is -1.45. The van der Waals surface area contributed by atoms with Crippen LogP contribution in [0.2, 0.25) is 5.02 Å². The van der Waals surface area contributed by atoms with Crippen molar-refractivity contribution in [3.05, 3.63) is 53.1 Å². The summed E-state index contributed by atoms with van der Waals surface area (Å²) in [6.07, 6.45) is 0. The third-order valence-corrected chi connectivity index (χ3v) is 3.80. The van der Waals surface area contributed by atoms with Crippen LogP contribution in [0.3, 0.4) is 0 Å². The number of hydrogen-bond acceptors (Lipinski definition) is 3. The molecule has 0 aromatic heterocycles. The van der Waals surface area contributed by atoms with Gasteiger partial charge in [-0.3, -0.25) is 4.79 Å². The summed E-state index contributed by atoms with van der Waals surface area (Å²) >= 11 is 7.16. The van der Waals surface area contributed by atoms with E-state index >= 15 is 0 Å². The zero-order valence-electron chi connectivity index (χ0n) is 9.68. The number of halogens is 1. The summed E-state index contributed by atoms with van der Waals surface area (Å²) in [5, 5.41) is 10.5. The molecule has 0 bridgehead atoms. The van der Waals surface area contributed by atoms with Crippen LogP contribution < -0.4 is 0 Å². The van der Waals surface area contributed by atoms with Gasteiger partial charge >= 0.3 is 0 Å². The molecule has 1 N–H and O–H groups in total. The molecule has 0 atom stereocenters. The third-order valence-electron chi connectivity index (χ3n) is 2.41. The molecule has 0 saturated heterocycles. The van der Waals surface area contributed by atoms with Gasteiger partial charge in [0.15, 0.2) is 5.78 Å². The lowest BCUT2D eigenvalue weighted by molar-refractivity contribution is 0.101. The van der Waals surface area contributed by atoms with Crippen molar-refractivity contribution in [1.82, 2.24) is 0 Å². The van der Waals surface area contributed by atoms with Crippen molar-refractivity contribution in [2.75, 3.05) is 0 Å². The van der Waals surface area contributed by atoms with Gasteiger partial charge in [-0.1, -0.05) is 35.5 Å². The van der Waals surface area contributed by atoms with Gasteiger partial charge in [0.1, 0.15) is 5.75 Å². The highest BCUT2D eigenvalue weighted by atomic mass is 35.5. The van der Waals surface area contributed by atoms with Gasteiger partial charge in [0.2, 0.25) is 0 Å². The normalized spacial score (nSPS) is 10.3. The highest BCUT2D eigenvalue weighted by molar-refractivity contribution is 7.99. The van der Waals surface area contributed by atoms with Gasteiger partial charge in [0.25, 0.3) is 0 Å². The highest BCUT2D eigenvalue weighted by Gasteiger charge is 2.12. The number of benzene rings is 2. The van der Waals surface area contributed by atoms with Crippen molar-refractivity contribution >= 4 is 29.1 Å². The van der Waals surface area contributed by atoms with E-state index in [2.05, 4.69) is 0 Å². The number of carbonyl (C=O) groups excluding carboxylic acids is 1. The van der Waals surface area contributed by atoms with Crippen molar-refractivity contribution < 1.29 is 9.90 Å². The average molecular weight is 279 g/mol. The fraction of sp³-hybridized carbons (Fsp3) is 0.0714. The molecule has 0 amide bonds. The molecule has 0 aliphatic heterocycles. The van der Waals surface area contributed by atoms with E-state index < -0.39 is 0 Å². The summed E-state index contributed by atoms with van der Waals surface area (Å²) in [5.41, 5.74) is 0.523. The van der Waals surface area contributed by atoms with Gasteiger partial charge in [-0.05, 0) is 37.3 Å². The molecule has 0 radical (unpaired) electrons. The molecule has 0 aliphatic rings. The Morgan fingerprint density at radius 3 is 2.44 bits per heavy atom. The highest BCUT2D eigenvalue weighted by Crippen LogP contribution is 2.37. The molecule has 0 aliphatic carbocycles. The zero-order chi connectivity index (χ0) is 13.1. The fourth-order valence-electron chi connectivity index (χ4n) is 1.53. The van der Waals surface area contributed by atoms with Crippen molar-refractivity contribution in [3.8, 4) is 5.75 Å². The van der Waals surface area contributed by atoms with Crippen LogP contribution in [0.5, 0.6) is 5.75 Å². The number of rotatable bonds is 3. The van der Waals surface area contributed by atoms with Gasteiger partial charge in [0, 0.05) is 15.5 Å². The van der Waals surface area contributed by atoms with Gasteiger partial charge in [-0.2, -0.15) is 0 Å². The van der Waals surface area contributed by atoms with Crippen LogP contribution in [0.4, 0.5) is 0 Å². The summed E-state index contributed by atoms with van der Waals surface area (Å²) in [6.45, 7) is 1.49. The van der Waals surface area contributed by atoms with Gasteiger partial charge in [-0.25, -0.2) is 0 Å². The number of Topliss-reactive ketones (excluding diaryl/α,β-unsaturated/α-hetero) is 1. The molecule has 0 saturated carbocycles. The maximum absolute atomic E-state index is 11.5. The second-order valence-corrected chi connectivity index (χ2v) is 5.29. The minimum atomic E-state index is -0.0673. The van der Waals surface area contributed by atoms with Crippen LogP contribution in [0.25, 0.3) is 0 Å². The second kappa shape index (κ2) is 5.46. The molecule has 4 heteroatoms. The Bertz CT molecular complexity index is 579. The quantitative estimate of drug-likeness (QED) is 0.846. The van der Waals surface area contributed by atoms with Crippen molar-refractivity contribution in [1.29, 1.82) is 0 Å². The Morgan fingerprint density at radius 2 is 1.83 bits per heavy atom. The Kier molecular flexibility index (Phi) is 3.94. The van der Waals surface area contributed by atoms with Crippen molar-refractivity contribution in [2.24, 2.45) is 0 Å². The van der Waals surface area contributed by atoms with Crippen LogP contribution in [0.1, 0.15) is 17.3 Å². The maximum atomic E-state index is 11.5. The molecule has 0 spiro atoms. The molecule has 0 unspecified atom stereocenters. The van der Waals surface area contributed by atoms with E-state index in [1.807, 2.05) is 12.1 Å². The predicted octanol–water partition coefficient (Wildman–Crippen LogP) is 4.40. The van der Waals surface area contributed by atoms with E-state index in [4.69, 9.17) is 11.6 Å². The summed E-state index contributed by atoms with van der Waals surface area (Å²) in [6, 6.07) is 12.2. The van der Waals surface area contributed by atoms with E-state index in [9.17, 15) is 9.90 Å². The fourth-order valence-corrected chi connectivity index (χ4v) is 2.66. The molecule has 92 valence electrons. The zero-order valence-corrected chi connectivity index (χ0v) is 11.3. The predicted molar refractivity (Wildman–Crippen MR) is 73.7 cm³/mol. The molecule has 2 nitrogen and oxygen atoms in total. The number of aromatic hydroxyl groups is 1. The first kappa shape index (κ1) is 13.0. The Balaban J connectivity index is 2.39. The van der Waals surface area contributed by atoms with Crippen molar-refractivity contribution in [3.63, 3.8) is 0 Å². The summed E-state index contributed by atoms with van der Waals surface area (Å²) in [4.78, 5) is 13.0.